The van der Waals surface area contributed by atoms with Gasteiger partial charge in [0.15, 0.2) is 0 Å². The summed E-state index contributed by atoms with van der Waals surface area (Å²) in [7, 11) is 1.48. The van der Waals surface area contributed by atoms with Crippen LogP contribution in [0.3, 0.4) is 0 Å². The summed E-state index contributed by atoms with van der Waals surface area (Å²) < 4.78 is 13.1. The molecule has 1 N–H and O–H groups in total. The van der Waals surface area contributed by atoms with Crippen LogP contribution in [0, 0.1) is 5.82 Å². The lowest BCUT2D eigenvalue weighted by Gasteiger charge is -2.03. The molecule has 0 aliphatic carbocycles. The first kappa shape index (κ1) is 10.5. The van der Waals surface area contributed by atoms with Gasteiger partial charge in [-0.25, -0.2) is 4.39 Å². The van der Waals surface area contributed by atoms with Crippen molar-refractivity contribution in [3.8, 4) is 0 Å². The Morgan fingerprint density at radius 3 is 2.77 bits per heavy atom. The third-order valence-corrected chi connectivity index (χ3v) is 2.40. The van der Waals surface area contributed by atoms with Gasteiger partial charge in [-0.05, 0) is 28.1 Å². The fourth-order valence-corrected chi connectivity index (χ4v) is 1.41. The number of carbonyl (C=O) groups excluding carboxylic acids is 1. The molecule has 5 heteroatoms. The van der Waals surface area contributed by atoms with Crippen LogP contribution in [0.1, 0.15) is 10.4 Å². The molecule has 0 aliphatic rings. The van der Waals surface area contributed by atoms with Gasteiger partial charge in [0.25, 0.3) is 5.91 Å². The van der Waals surface area contributed by atoms with E-state index in [4.69, 9.17) is 11.6 Å². The fourth-order valence-electron chi connectivity index (χ4n) is 0.831. The van der Waals surface area contributed by atoms with E-state index in [-0.39, 0.29) is 21.0 Å². The average Bonchev–Trinajstić information content (AvgIpc) is 2.10. The topological polar surface area (TPSA) is 29.1 Å². The number of amides is 1. The molecule has 0 saturated heterocycles. The predicted octanol–water partition coefficient (Wildman–Crippen LogP) is 2.60. The minimum absolute atomic E-state index is 0.0973. The third kappa shape index (κ3) is 2.19. The molecule has 0 saturated carbocycles. The Hall–Kier alpha value is -0.610. The van der Waals surface area contributed by atoms with Gasteiger partial charge in [0, 0.05) is 7.05 Å². The van der Waals surface area contributed by atoms with E-state index in [2.05, 4.69) is 21.2 Å². The molecule has 0 unspecified atom stereocenters. The van der Waals surface area contributed by atoms with Crippen LogP contribution in [-0.4, -0.2) is 13.0 Å². The molecule has 0 fully saturated rings. The van der Waals surface area contributed by atoms with Gasteiger partial charge in [-0.1, -0.05) is 11.6 Å². The molecule has 0 heterocycles. The number of hydrogen-bond acceptors (Lipinski definition) is 1. The first-order chi connectivity index (χ1) is 6.06. The molecule has 0 radical (unpaired) electrons. The third-order valence-electron chi connectivity index (χ3n) is 1.48. The van der Waals surface area contributed by atoms with E-state index < -0.39 is 5.82 Å². The van der Waals surface area contributed by atoms with Crippen molar-refractivity contribution in [3.63, 3.8) is 0 Å². The van der Waals surface area contributed by atoms with Gasteiger partial charge < -0.3 is 5.32 Å². The zero-order valence-electron chi connectivity index (χ0n) is 6.70. The van der Waals surface area contributed by atoms with Crippen LogP contribution in [0.5, 0.6) is 0 Å². The highest BCUT2D eigenvalue weighted by molar-refractivity contribution is 9.10. The zero-order chi connectivity index (χ0) is 10.0. The van der Waals surface area contributed by atoms with Gasteiger partial charge in [-0.15, -0.1) is 0 Å². The molecule has 0 atom stereocenters. The van der Waals surface area contributed by atoms with E-state index in [1.54, 1.807) is 0 Å². The normalized spacial score (nSPS) is 9.85. The van der Waals surface area contributed by atoms with Crippen molar-refractivity contribution in [2.75, 3.05) is 7.05 Å². The monoisotopic (exact) mass is 265 g/mol. The Morgan fingerprint density at radius 1 is 1.62 bits per heavy atom. The minimum atomic E-state index is -0.488. The van der Waals surface area contributed by atoms with Crippen molar-refractivity contribution in [3.05, 3.63) is 33.0 Å². The Balaban J connectivity index is 3.23. The summed E-state index contributed by atoms with van der Waals surface area (Å²) in [4.78, 5) is 11.2. The maximum absolute atomic E-state index is 12.9. The molecule has 1 aromatic rings. The molecule has 0 aliphatic heterocycles. The van der Waals surface area contributed by atoms with E-state index in [1.165, 1.54) is 13.1 Å². The van der Waals surface area contributed by atoms with Gasteiger partial charge in [0.05, 0.1) is 15.1 Å². The molecule has 1 rings (SSSR count). The Morgan fingerprint density at radius 2 is 2.23 bits per heavy atom. The second-order valence-corrected chi connectivity index (χ2v) is 3.59. The average molecular weight is 266 g/mol. The van der Waals surface area contributed by atoms with E-state index in [9.17, 15) is 9.18 Å². The summed E-state index contributed by atoms with van der Waals surface area (Å²) in [5, 5.41) is 2.50. The highest BCUT2D eigenvalue weighted by Gasteiger charge is 2.11. The summed E-state index contributed by atoms with van der Waals surface area (Å²) >= 11 is 8.62. The Bertz CT molecular complexity index is 356. The molecule has 0 aromatic heterocycles. The van der Waals surface area contributed by atoms with Crippen molar-refractivity contribution >= 4 is 33.4 Å². The quantitative estimate of drug-likeness (QED) is 0.778. The lowest BCUT2D eigenvalue weighted by molar-refractivity contribution is 0.0963. The Labute approximate surface area is 88.2 Å². The second-order valence-electron chi connectivity index (χ2n) is 2.33. The predicted molar refractivity (Wildman–Crippen MR) is 52.5 cm³/mol. The molecule has 70 valence electrons. The van der Waals surface area contributed by atoms with Crippen LogP contribution in [0.15, 0.2) is 16.6 Å². The molecular formula is C8H6BrClFNO. The number of rotatable bonds is 1. The smallest absolute Gasteiger partial charge is 0.252 e. The van der Waals surface area contributed by atoms with E-state index in [0.717, 1.165) is 6.07 Å². The molecule has 2 nitrogen and oxygen atoms in total. The first-order valence-corrected chi connectivity index (χ1v) is 4.60. The summed E-state index contributed by atoms with van der Waals surface area (Å²) in [6.45, 7) is 0. The standard InChI is InChI=1S/C8H6BrClFNO/c1-12-8(13)4-2-5(9)7(11)3-6(4)10/h2-3H,1H3,(H,12,13). The van der Waals surface area contributed by atoms with Gasteiger partial charge >= 0.3 is 0 Å². The van der Waals surface area contributed by atoms with Gasteiger partial charge in [0.2, 0.25) is 0 Å². The van der Waals surface area contributed by atoms with E-state index >= 15 is 0 Å². The molecular weight excluding hydrogens is 260 g/mol. The largest absolute Gasteiger partial charge is 0.355 e. The van der Waals surface area contributed by atoms with Crippen LogP contribution >= 0.6 is 27.5 Å². The van der Waals surface area contributed by atoms with Crippen LogP contribution in [0.4, 0.5) is 4.39 Å². The Kier molecular flexibility index (Phi) is 3.27. The SMILES string of the molecule is CNC(=O)c1cc(Br)c(F)cc1Cl. The lowest BCUT2D eigenvalue weighted by Crippen LogP contribution is -2.18. The number of carbonyl (C=O) groups is 1. The zero-order valence-corrected chi connectivity index (χ0v) is 9.04. The van der Waals surface area contributed by atoms with Crippen molar-refractivity contribution < 1.29 is 9.18 Å². The lowest BCUT2D eigenvalue weighted by atomic mass is 10.2. The summed E-state index contributed by atoms with van der Waals surface area (Å²) in [5.41, 5.74) is 0.248. The molecule has 0 spiro atoms. The number of nitrogens with one attached hydrogen (secondary N) is 1. The van der Waals surface area contributed by atoms with Crippen LogP contribution < -0.4 is 5.32 Å². The maximum Gasteiger partial charge on any atom is 0.252 e. The van der Waals surface area contributed by atoms with Crippen molar-refractivity contribution in [1.29, 1.82) is 0 Å². The second kappa shape index (κ2) is 4.07. The number of benzene rings is 1. The van der Waals surface area contributed by atoms with Gasteiger partial charge in [-0.3, -0.25) is 4.79 Å². The van der Waals surface area contributed by atoms with Crippen LogP contribution in [0.2, 0.25) is 5.02 Å². The van der Waals surface area contributed by atoms with Gasteiger partial charge in [-0.2, -0.15) is 0 Å². The minimum Gasteiger partial charge on any atom is -0.355 e. The number of hydrogen-bond donors (Lipinski definition) is 1. The maximum atomic E-state index is 12.9. The van der Waals surface area contributed by atoms with Crippen molar-refractivity contribution in [2.24, 2.45) is 0 Å². The van der Waals surface area contributed by atoms with Crippen molar-refractivity contribution in [2.45, 2.75) is 0 Å². The van der Waals surface area contributed by atoms with Crippen LogP contribution in [-0.2, 0) is 0 Å². The first-order valence-electron chi connectivity index (χ1n) is 3.43. The van der Waals surface area contributed by atoms with E-state index in [1.807, 2.05) is 0 Å². The van der Waals surface area contributed by atoms with Crippen molar-refractivity contribution in [1.82, 2.24) is 5.32 Å². The van der Waals surface area contributed by atoms with Crippen LogP contribution in [0.25, 0.3) is 0 Å². The summed E-state index contributed by atoms with van der Waals surface area (Å²) in [6, 6.07) is 2.44. The van der Waals surface area contributed by atoms with Gasteiger partial charge in [0.1, 0.15) is 5.82 Å². The highest BCUT2D eigenvalue weighted by Crippen LogP contribution is 2.24. The molecule has 1 aromatic carbocycles. The summed E-state index contributed by atoms with van der Waals surface area (Å²) in [6.07, 6.45) is 0. The molecule has 0 bridgehead atoms. The molecule has 13 heavy (non-hydrogen) atoms. The fraction of sp³-hybridized carbons (Fsp3) is 0.125. The molecule has 1 amide bonds. The highest BCUT2D eigenvalue weighted by atomic mass is 79.9. The van der Waals surface area contributed by atoms with E-state index in [0.29, 0.717) is 0 Å². The number of halogens is 3. The summed E-state index contributed by atoms with van der Waals surface area (Å²) in [5.74, 6) is -0.830.